The van der Waals surface area contributed by atoms with E-state index in [1.54, 1.807) is 11.8 Å². The van der Waals surface area contributed by atoms with Gasteiger partial charge in [-0.05, 0) is 19.1 Å². The number of thioether (sulfide) groups is 1. The van der Waals surface area contributed by atoms with E-state index in [1.807, 2.05) is 13.0 Å². The molecule has 0 saturated carbocycles. The molecular formula is C14H18N2O3S. The third-order valence-corrected chi connectivity index (χ3v) is 4.79. The number of rotatable bonds is 3. The summed E-state index contributed by atoms with van der Waals surface area (Å²) in [5, 5.41) is 4.65. The highest BCUT2D eigenvalue weighted by atomic mass is 32.2. The van der Waals surface area contributed by atoms with Crippen molar-refractivity contribution in [1.82, 2.24) is 5.32 Å². The minimum atomic E-state index is -0.256. The Balaban J connectivity index is 1.58. The zero-order valence-electron chi connectivity index (χ0n) is 11.5. The van der Waals surface area contributed by atoms with Crippen LogP contribution >= 0.6 is 11.8 Å². The summed E-state index contributed by atoms with van der Waals surface area (Å²) in [6.07, 6.45) is 6.87. The fourth-order valence-corrected chi connectivity index (χ4v) is 3.68. The second-order valence-electron chi connectivity index (χ2n) is 5.11. The summed E-state index contributed by atoms with van der Waals surface area (Å²) in [5.41, 5.74) is 0. The first-order valence-electron chi connectivity index (χ1n) is 6.74. The largest absolute Gasteiger partial charge is 0.489 e. The molecule has 0 aromatic rings. The molecule has 5 nitrogen and oxygen atoms in total. The first kappa shape index (κ1) is 13.7. The van der Waals surface area contributed by atoms with Gasteiger partial charge in [-0.25, -0.2) is 0 Å². The number of aliphatic imine (C=N–C) groups is 1. The molecule has 0 spiro atoms. The zero-order chi connectivity index (χ0) is 14.1. The Morgan fingerprint density at radius 1 is 1.55 bits per heavy atom. The van der Waals surface area contributed by atoms with E-state index >= 15 is 0 Å². The summed E-state index contributed by atoms with van der Waals surface area (Å²) in [5.74, 6) is 0.624. The van der Waals surface area contributed by atoms with E-state index in [4.69, 9.17) is 9.47 Å². The highest BCUT2D eigenvalue weighted by molar-refractivity contribution is 8.14. The number of nitrogens with one attached hydrogen (secondary N) is 1. The van der Waals surface area contributed by atoms with Gasteiger partial charge >= 0.3 is 5.97 Å². The van der Waals surface area contributed by atoms with Crippen molar-refractivity contribution >= 4 is 22.8 Å². The number of hydrogen-bond donors (Lipinski definition) is 1. The average molecular weight is 294 g/mol. The van der Waals surface area contributed by atoms with Gasteiger partial charge in [0.25, 0.3) is 0 Å². The van der Waals surface area contributed by atoms with Crippen LogP contribution in [-0.2, 0) is 14.3 Å². The van der Waals surface area contributed by atoms with Gasteiger partial charge in [0.15, 0.2) is 0 Å². The molecule has 1 N–H and O–H groups in total. The van der Waals surface area contributed by atoms with Crippen molar-refractivity contribution in [3.05, 3.63) is 24.0 Å². The lowest BCUT2D eigenvalue weighted by Gasteiger charge is -2.20. The highest BCUT2D eigenvalue weighted by Gasteiger charge is 2.33. The SMILES string of the molecule is COC(=O)[C@@H]1C[C@H](OC2=C[C@H]3N=C(C)S[C@@H]3C=C2)CN1. The van der Waals surface area contributed by atoms with Crippen molar-refractivity contribution in [2.24, 2.45) is 4.99 Å². The highest BCUT2D eigenvalue weighted by Crippen LogP contribution is 2.33. The van der Waals surface area contributed by atoms with Gasteiger partial charge in [0.1, 0.15) is 17.9 Å². The van der Waals surface area contributed by atoms with Crippen LogP contribution in [0.25, 0.3) is 0 Å². The van der Waals surface area contributed by atoms with Crippen LogP contribution in [0.1, 0.15) is 13.3 Å². The van der Waals surface area contributed by atoms with E-state index in [2.05, 4.69) is 22.5 Å². The van der Waals surface area contributed by atoms with Crippen LogP contribution in [0.3, 0.4) is 0 Å². The maximum atomic E-state index is 11.4. The second-order valence-corrected chi connectivity index (χ2v) is 6.48. The summed E-state index contributed by atoms with van der Waals surface area (Å²) in [6, 6.07) is -0.0704. The number of allylic oxidation sites excluding steroid dienone is 1. The average Bonchev–Trinajstić information content (AvgIpc) is 3.03. The van der Waals surface area contributed by atoms with Gasteiger partial charge in [-0.3, -0.25) is 9.79 Å². The monoisotopic (exact) mass is 294 g/mol. The molecular weight excluding hydrogens is 276 g/mol. The Morgan fingerprint density at radius 3 is 3.20 bits per heavy atom. The maximum absolute atomic E-state index is 11.4. The third kappa shape index (κ3) is 2.76. The number of esters is 1. The Morgan fingerprint density at radius 2 is 2.40 bits per heavy atom. The van der Waals surface area contributed by atoms with Gasteiger partial charge in [-0.1, -0.05) is 6.08 Å². The molecule has 0 aromatic carbocycles. The normalized spacial score (nSPS) is 35.3. The number of fused-ring (bicyclic) bond motifs is 1. The lowest BCUT2D eigenvalue weighted by molar-refractivity contribution is -0.142. The molecule has 4 atom stereocenters. The molecule has 0 aromatic heterocycles. The van der Waals surface area contributed by atoms with Gasteiger partial charge in [-0.15, -0.1) is 11.8 Å². The number of carbonyl (C=O) groups is 1. The van der Waals surface area contributed by atoms with Crippen LogP contribution in [0.4, 0.5) is 0 Å². The molecule has 0 amide bonds. The van der Waals surface area contributed by atoms with Crippen LogP contribution in [0.15, 0.2) is 29.0 Å². The zero-order valence-corrected chi connectivity index (χ0v) is 12.4. The number of carbonyl (C=O) groups excluding carboxylic acids is 1. The Bertz CT molecular complexity index is 501. The predicted molar refractivity (Wildman–Crippen MR) is 78.8 cm³/mol. The molecule has 3 rings (SSSR count). The first-order chi connectivity index (χ1) is 9.65. The summed E-state index contributed by atoms with van der Waals surface area (Å²) >= 11 is 1.79. The minimum absolute atomic E-state index is 0.00526. The van der Waals surface area contributed by atoms with Crippen LogP contribution < -0.4 is 5.32 Å². The molecule has 1 aliphatic carbocycles. The molecule has 2 aliphatic heterocycles. The summed E-state index contributed by atoms with van der Waals surface area (Å²) in [7, 11) is 1.41. The van der Waals surface area contributed by atoms with E-state index in [0.29, 0.717) is 18.2 Å². The van der Waals surface area contributed by atoms with E-state index in [0.717, 1.165) is 10.8 Å². The summed E-state index contributed by atoms with van der Waals surface area (Å²) < 4.78 is 10.7. The third-order valence-electron chi connectivity index (χ3n) is 3.64. The van der Waals surface area contributed by atoms with Crippen molar-refractivity contribution in [3.63, 3.8) is 0 Å². The molecule has 20 heavy (non-hydrogen) atoms. The van der Waals surface area contributed by atoms with Gasteiger partial charge in [-0.2, -0.15) is 0 Å². The molecule has 0 unspecified atom stereocenters. The molecule has 108 valence electrons. The molecule has 1 saturated heterocycles. The second kappa shape index (κ2) is 5.61. The Labute approximate surface area is 122 Å². The van der Waals surface area contributed by atoms with E-state index in [-0.39, 0.29) is 24.2 Å². The van der Waals surface area contributed by atoms with Gasteiger partial charge in [0.05, 0.1) is 23.4 Å². The molecule has 2 heterocycles. The van der Waals surface area contributed by atoms with Crippen molar-refractivity contribution in [2.45, 2.75) is 36.8 Å². The fraction of sp³-hybridized carbons (Fsp3) is 0.571. The topological polar surface area (TPSA) is 59.9 Å². The smallest absolute Gasteiger partial charge is 0.323 e. The standard InChI is InChI=1S/C14H18N2O3S/c1-8-16-11-5-9(3-4-13(11)20-8)19-10-6-12(15-7-10)14(17)18-2/h3-5,10-13,15H,6-7H2,1-2H3/t10-,11+,12-,13+/m0/s1. The van der Waals surface area contributed by atoms with E-state index < -0.39 is 0 Å². The molecule has 1 fully saturated rings. The minimum Gasteiger partial charge on any atom is -0.489 e. The molecule has 6 heteroatoms. The quantitative estimate of drug-likeness (QED) is 0.794. The summed E-state index contributed by atoms with van der Waals surface area (Å²) in [4.78, 5) is 16.0. The molecule has 0 bridgehead atoms. The molecule has 3 aliphatic rings. The lowest BCUT2D eigenvalue weighted by atomic mass is 10.1. The Kier molecular flexibility index (Phi) is 3.85. The van der Waals surface area contributed by atoms with E-state index in [1.165, 1.54) is 7.11 Å². The number of ether oxygens (including phenoxy) is 2. The van der Waals surface area contributed by atoms with Crippen molar-refractivity contribution in [1.29, 1.82) is 0 Å². The first-order valence-corrected chi connectivity index (χ1v) is 7.62. The van der Waals surface area contributed by atoms with Crippen molar-refractivity contribution in [2.75, 3.05) is 13.7 Å². The number of methoxy groups -OCH3 is 1. The van der Waals surface area contributed by atoms with Gasteiger partial charge in [0.2, 0.25) is 0 Å². The van der Waals surface area contributed by atoms with Gasteiger partial charge in [0, 0.05) is 13.0 Å². The predicted octanol–water partition coefficient (Wildman–Crippen LogP) is 1.26. The van der Waals surface area contributed by atoms with Crippen LogP contribution in [0.2, 0.25) is 0 Å². The lowest BCUT2D eigenvalue weighted by Crippen LogP contribution is -2.31. The molecule has 0 radical (unpaired) electrons. The number of hydrogen-bond acceptors (Lipinski definition) is 6. The Hall–Kier alpha value is -1.27. The van der Waals surface area contributed by atoms with Crippen molar-refractivity contribution in [3.8, 4) is 0 Å². The van der Waals surface area contributed by atoms with Crippen LogP contribution in [0.5, 0.6) is 0 Å². The summed E-state index contributed by atoms with van der Waals surface area (Å²) in [6.45, 7) is 2.70. The fourth-order valence-electron chi connectivity index (χ4n) is 2.67. The van der Waals surface area contributed by atoms with Crippen LogP contribution in [-0.4, -0.2) is 48.1 Å². The number of nitrogens with zero attached hydrogens (tertiary/aromatic N) is 1. The van der Waals surface area contributed by atoms with Crippen molar-refractivity contribution < 1.29 is 14.3 Å². The van der Waals surface area contributed by atoms with Crippen LogP contribution in [0, 0.1) is 0 Å². The van der Waals surface area contributed by atoms with E-state index in [9.17, 15) is 4.79 Å². The van der Waals surface area contributed by atoms with Gasteiger partial charge < -0.3 is 14.8 Å². The maximum Gasteiger partial charge on any atom is 0.323 e.